The third-order valence-electron chi connectivity index (χ3n) is 4.59. The van der Waals surface area contributed by atoms with E-state index in [9.17, 15) is 0 Å². The molecule has 0 radical (unpaired) electrons. The summed E-state index contributed by atoms with van der Waals surface area (Å²) in [6.45, 7) is 10.3. The van der Waals surface area contributed by atoms with Gasteiger partial charge in [-0.3, -0.25) is 0 Å². The van der Waals surface area contributed by atoms with Gasteiger partial charge in [0.2, 0.25) is 0 Å². The van der Waals surface area contributed by atoms with E-state index in [1.807, 2.05) is 11.3 Å². The molecular weight excluding hydrogens is 250 g/mol. The summed E-state index contributed by atoms with van der Waals surface area (Å²) in [6, 6.07) is 5.28. The van der Waals surface area contributed by atoms with Crippen molar-refractivity contribution < 1.29 is 0 Å². The molecule has 1 aliphatic rings. The van der Waals surface area contributed by atoms with Crippen LogP contribution in [-0.4, -0.2) is 12.6 Å². The molecule has 0 bridgehead atoms. The zero-order valence-corrected chi connectivity index (χ0v) is 13.7. The van der Waals surface area contributed by atoms with Crippen LogP contribution in [0.4, 0.5) is 0 Å². The van der Waals surface area contributed by atoms with Gasteiger partial charge in [-0.2, -0.15) is 0 Å². The van der Waals surface area contributed by atoms with E-state index in [0.717, 1.165) is 17.8 Å². The number of rotatable bonds is 5. The summed E-state index contributed by atoms with van der Waals surface area (Å²) in [4.78, 5) is 3.09. The highest BCUT2D eigenvalue weighted by atomic mass is 32.1. The Kier molecular flexibility index (Phi) is 5.47. The molecule has 0 aliphatic heterocycles. The van der Waals surface area contributed by atoms with Crippen LogP contribution in [0.15, 0.2) is 12.1 Å². The highest BCUT2D eigenvalue weighted by molar-refractivity contribution is 7.12. The summed E-state index contributed by atoms with van der Waals surface area (Å²) in [6.07, 6.45) is 5.59. The Morgan fingerprint density at radius 1 is 1.32 bits per heavy atom. The van der Waals surface area contributed by atoms with Crippen molar-refractivity contribution >= 4 is 11.3 Å². The molecule has 1 aromatic rings. The first-order valence-corrected chi connectivity index (χ1v) is 8.71. The van der Waals surface area contributed by atoms with Crippen molar-refractivity contribution in [3.63, 3.8) is 0 Å². The van der Waals surface area contributed by atoms with E-state index < -0.39 is 0 Å². The van der Waals surface area contributed by atoms with Gasteiger partial charge in [-0.25, -0.2) is 0 Å². The van der Waals surface area contributed by atoms with Crippen LogP contribution in [0.25, 0.3) is 0 Å². The van der Waals surface area contributed by atoms with Crippen LogP contribution in [0.1, 0.15) is 62.1 Å². The normalized spacial score (nSPS) is 27.9. The molecule has 108 valence electrons. The monoisotopic (exact) mass is 279 g/mol. The Hall–Kier alpha value is -0.340. The summed E-state index contributed by atoms with van der Waals surface area (Å²) < 4.78 is 0. The Bertz CT molecular complexity index is 382. The minimum Gasteiger partial charge on any atom is -0.314 e. The lowest BCUT2D eigenvalue weighted by molar-refractivity contribution is 0.225. The first kappa shape index (κ1) is 15.1. The van der Waals surface area contributed by atoms with Crippen molar-refractivity contribution in [1.82, 2.24) is 5.32 Å². The fraction of sp³-hybridized carbons (Fsp3) is 0.765. The van der Waals surface area contributed by atoms with Crippen LogP contribution in [0.5, 0.6) is 0 Å². The average molecular weight is 279 g/mol. The second kappa shape index (κ2) is 6.90. The van der Waals surface area contributed by atoms with Gasteiger partial charge in [0.05, 0.1) is 0 Å². The van der Waals surface area contributed by atoms with E-state index in [1.165, 1.54) is 37.1 Å². The Morgan fingerprint density at radius 3 is 2.68 bits per heavy atom. The van der Waals surface area contributed by atoms with Gasteiger partial charge in [-0.15, -0.1) is 11.3 Å². The van der Waals surface area contributed by atoms with E-state index in [-0.39, 0.29) is 0 Å². The number of hydrogen-bond donors (Lipinski definition) is 1. The zero-order chi connectivity index (χ0) is 13.8. The van der Waals surface area contributed by atoms with Crippen molar-refractivity contribution in [3.8, 4) is 0 Å². The van der Waals surface area contributed by atoms with Gasteiger partial charge < -0.3 is 5.32 Å². The molecule has 0 aromatic carbocycles. The molecule has 1 aliphatic carbocycles. The highest BCUT2D eigenvalue weighted by Crippen LogP contribution is 2.43. The average Bonchev–Trinajstić information content (AvgIpc) is 2.82. The summed E-state index contributed by atoms with van der Waals surface area (Å²) in [5.74, 6) is 2.58. The SMILES string of the molecule is CCC1CCC(CNC(C)C)C(c2ccc(C)s2)C1. The molecule has 3 unspecified atom stereocenters. The topological polar surface area (TPSA) is 12.0 Å². The Labute approximate surface area is 122 Å². The molecule has 3 atom stereocenters. The number of aryl methyl sites for hydroxylation is 1. The van der Waals surface area contributed by atoms with Crippen LogP contribution < -0.4 is 5.32 Å². The molecule has 2 heteroatoms. The molecular formula is C17H29NS. The standard InChI is InChI=1S/C17H29NS/c1-5-14-7-8-15(11-18-12(2)3)16(10-14)17-9-6-13(4)19-17/h6,9,12,14-16,18H,5,7-8,10-11H2,1-4H3. The van der Waals surface area contributed by atoms with Gasteiger partial charge >= 0.3 is 0 Å². The largest absolute Gasteiger partial charge is 0.314 e. The van der Waals surface area contributed by atoms with Crippen molar-refractivity contribution in [2.75, 3.05) is 6.54 Å². The van der Waals surface area contributed by atoms with E-state index in [4.69, 9.17) is 0 Å². The lowest BCUT2D eigenvalue weighted by Gasteiger charge is -2.36. The van der Waals surface area contributed by atoms with Crippen LogP contribution in [0, 0.1) is 18.8 Å². The predicted molar refractivity (Wildman–Crippen MR) is 86.1 cm³/mol. The van der Waals surface area contributed by atoms with E-state index in [1.54, 1.807) is 4.88 Å². The molecule has 1 heterocycles. The van der Waals surface area contributed by atoms with Crippen LogP contribution in [-0.2, 0) is 0 Å². The molecule has 0 amide bonds. The van der Waals surface area contributed by atoms with Gasteiger partial charge in [0, 0.05) is 15.8 Å². The summed E-state index contributed by atoms with van der Waals surface area (Å²) >= 11 is 2.02. The second-order valence-electron chi connectivity index (χ2n) is 6.47. The fourth-order valence-electron chi connectivity index (χ4n) is 3.32. The van der Waals surface area contributed by atoms with Gasteiger partial charge in [0.25, 0.3) is 0 Å². The molecule has 1 N–H and O–H groups in total. The third kappa shape index (κ3) is 4.06. The molecule has 1 saturated carbocycles. The van der Waals surface area contributed by atoms with E-state index in [2.05, 4.69) is 45.1 Å². The minimum atomic E-state index is 0.606. The third-order valence-corrected chi connectivity index (χ3v) is 5.73. The van der Waals surface area contributed by atoms with Gasteiger partial charge in [-0.05, 0) is 56.2 Å². The smallest absolute Gasteiger partial charge is 0.00823 e. The van der Waals surface area contributed by atoms with Crippen molar-refractivity contribution in [3.05, 3.63) is 21.9 Å². The van der Waals surface area contributed by atoms with Crippen LogP contribution in [0.3, 0.4) is 0 Å². The molecule has 1 nitrogen and oxygen atoms in total. The first-order chi connectivity index (χ1) is 9.10. The molecule has 1 fully saturated rings. The molecule has 0 spiro atoms. The maximum Gasteiger partial charge on any atom is 0.00823 e. The second-order valence-corrected chi connectivity index (χ2v) is 7.78. The van der Waals surface area contributed by atoms with Crippen LogP contribution in [0.2, 0.25) is 0 Å². The Balaban J connectivity index is 2.07. The first-order valence-electron chi connectivity index (χ1n) is 7.89. The minimum absolute atomic E-state index is 0.606. The molecule has 1 aromatic heterocycles. The molecule has 19 heavy (non-hydrogen) atoms. The van der Waals surface area contributed by atoms with Crippen molar-refractivity contribution in [2.45, 2.75) is 65.3 Å². The van der Waals surface area contributed by atoms with E-state index in [0.29, 0.717) is 6.04 Å². The van der Waals surface area contributed by atoms with Gasteiger partial charge in [-0.1, -0.05) is 33.6 Å². The lowest BCUT2D eigenvalue weighted by Crippen LogP contribution is -2.34. The molecule has 2 rings (SSSR count). The van der Waals surface area contributed by atoms with Gasteiger partial charge in [0.1, 0.15) is 0 Å². The fourth-order valence-corrected chi connectivity index (χ4v) is 4.41. The Morgan fingerprint density at radius 2 is 2.11 bits per heavy atom. The number of thiophene rings is 1. The zero-order valence-electron chi connectivity index (χ0n) is 12.9. The van der Waals surface area contributed by atoms with E-state index >= 15 is 0 Å². The quantitative estimate of drug-likeness (QED) is 0.803. The lowest BCUT2D eigenvalue weighted by atomic mass is 9.72. The maximum absolute atomic E-state index is 3.66. The van der Waals surface area contributed by atoms with Crippen molar-refractivity contribution in [1.29, 1.82) is 0 Å². The highest BCUT2D eigenvalue weighted by Gasteiger charge is 2.31. The number of nitrogens with one attached hydrogen (secondary N) is 1. The summed E-state index contributed by atoms with van der Waals surface area (Å²) in [5, 5.41) is 3.66. The molecule has 0 saturated heterocycles. The summed E-state index contributed by atoms with van der Waals surface area (Å²) in [5.41, 5.74) is 0. The predicted octanol–water partition coefficient (Wildman–Crippen LogP) is 4.96. The number of hydrogen-bond acceptors (Lipinski definition) is 2. The van der Waals surface area contributed by atoms with Gasteiger partial charge in [0.15, 0.2) is 0 Å². The van der Waals surface area contributed by atoms with Crippen LogP contribution >= 0.6 is 11.3 Å². The maximum atomic E-state index is 3.66. The van der Waals surface area contributed by atoms with Crippen molar-refractivity contribution in [2.24, 2.45) is 11.8 Å². The summed E-state index contributed by atoms with van der Waals surface area (Å²) in [7, 11) is 0.